The summed E-state index contributed by atoms with van der Waals surface area (Å²) in [7, 11) is 1.37. The van der Waals surface area contributed by atoms with E-state index in [-0.39, 0.29) is 24.8 Å². The summed E-state index contributed by atoms with van der Waals surface area (Å²) in [4.78, 5) is 23.8. The van der Waals surface area contributed by atoms with Crippen LogP contribution in [0, 0.1) is 5.82 Å². The van der Waals surface area contributed by atoms with Gasteiger partial charge in [-0.25, -0.2) is 9.18 Å². The molecule has 7 heteroatoms. The molecule has 0 saturated heterocycles. The van der Waals surface area contributed by atoms with Crippen LogP contribution in [0.4, 0.5) is 4.39 Å². The number of benzene rings is 1. The quantitative estimate of drug-likeness (QED) is 0.717. The van der Waals surface area contributed by atoms with Crippen molar-refractivity contribution in [2.24, 2.45) is 0 Å². The summed E-state index contributed by atoms with van der Waals surface area (Å²) >= 11 is 1.40. The summed E-state index contributed by atoms with van der Waals surface area (Å²) < 4.78 is 17.5. The van der Waals surface area contributed by atoms with E-state index in [9.17, 15) is 14.0 Å². The van der Waals surface area contributed by atoms with Crippen LogP contribution < -0.4 is 5.32 Å². The van der Waals surface area contributed by atoms with E-state index in [0.717, 1.165) is 4.90 Å². The molecule has 0 fully saturated rings. The van der Waals surface area contributed by atoms with Gasteiger partial charge < -0.3 is 15.2 Å². The van der Waals surface area contributed by atoms with Crippen LogP contribution in [0.15, 0.2) is 29.2 Å². The van der Waals surface area contributed by atoms with Gasteiger partial charge >= 0.3 is 5.97 Å². The number of carboxylic acids is 1. The number of halogens is 1. The summed E-state index contributed by atoms with van der Waals surface area (Å²) in [6.07, 6.45) is 0.161. The van der Waals surface area contributed by atoms with Crippen molar-refractivity contribution >= 4 is 23.6 Å². The van der Waals surface area contributed by atoms with Crippen LogP contribution >= 0.6 is 11.8 Å². The lowest BCUT2D eigenvalue weighted by molar-refractivity contribution is -0.149. The Bertz CT molecular complexity index is 494. The standard InChI is InChI=1S/C14H18FNO4S/c1-14(9-20-2,13(18)19)16-12(17)7-8-21-11-5-3-10(15)4-6-11/h3-6H,7-9H2,1-2H3,(H,16,17)(H,18,19). The number of carbonyl (C=O) groups excluding carboxylic acids is 1. The largest absolute Gasteiger partial charge is 0.479 e. The molecule has 1 unspecified atom stereocenters. The molecule has 0 saturated carbocycles. The molecule has 1 atom stereocenters. The fraction of sp³-hybridized carbons (Fsp3) is 0.429. The molecular formula is C14H18FNO4S. The van der Waals surface area contributed by atoms with Crippen molar-refractivity contribution in [3.05, 3.63) is 30.1 Å². The van der Waals surface area contributed by atoms with Gasteiger partial charge in [0.2, 0.25) is 5.91 Å². The predicted molar refractivity (Wildman–Crippen MR) is 77.8 cm³/mol. The van der Waals surface area contributed by atoms with Gasteiger partial charge in [-0.2, -0.15) is 0 Å². The zero-order valence-electron chi connectivity index (χ0n) is 11.9. The molecule has 0 heterocycles. The average Bonchev–Trinajstić information content (AvgIpc) is 2.41. The van der Waals surface area contributed by atoms with Crippen molar-refractivity contribution in [1.29, 1.82) is 0 Å². The number of amides is 1. The number of thioether (sulfide) groups is 1. The molecule has 1 aromatic carbocycles. The first kappa shape index (κ1) is 17.5. The summed E-state index contributed by atoms with van der Waals surface area (Å²) in [6, 6.07) is 5.96. The second-order valence-corrected chi connectivity index (χ2v) is 5.84. The summed E-state index contributed by atoms with van der Waals surface area (Å²) in [5.74, 6) is -1.36. The molecule has 0 aromatic heterocycles. The molecule has 1 aromatic rings. The van der Waals surface area contributed by atoms with Crippen LogP contribution in [-0.2, 0) is 14.3 Å². The summed E-state index contributed by atoms with van der Waals surface area (Å²) in [5.41, 5.74) is -1.44. The van der Waals surface area contributed by atoms with Gasteiger partial charge in [0.25, 0.3) is 0 Å². The molecule has 1 amide bonds. The first-order valence-electron chi connectivity index (χ1n) is 6.29. The van der Waals surface area contributed by atoms with Crippen LogP contribution in [0.2, 0.25) is 0 Å². The first-order chi connectivity index (χ1) is 9.87. The monoisotopic (exact) mass is 315 g/mol. The molecule has 116 valence electrons. The number of rotatable bonds is 8. The number of nitrogens with one attached hydrogen (secondary N) is 1. The molecular weight excluding hydrogens is 297 g/mol. The zero-order chi connectivity index (χ0) is 15.9. The van der Waals surface area contributed by atoms with E-state index in [1.165, 1.54) is 37.9 Å². The van der Waals surface area contributed by atoms with E-state index in [0.29, 0.717) is 5.75 Å². The van der Waals surface area contributed by atoms with Gasteiger partial charge in [0, 0.05) is 24.2 Å². The van der Waals surface area contributed by atoms with Gasteiger partial charge in [-0.3, -0.25) is 4.79 Å². The molecule has 0 bridgehead atoms. The van der Waals surface area contributed by atoms with E-state index in [1.807, 2.05) is 0 Å². The fourth-order valence-corrected chi connectivity index (χ4v) is 2.45. The van der Waals surface area contributed by atoms with Gasteiger partial charge in [0.15, 0.2) is 5.54 Å². The van der Waals surface area contributed by atoms with Crippen LogP contribution in [-0.4, -0.2) is 42.0 Å². The van der Waals surface area contributed by atoms with Crippen molar-refractivity contribution in [3.63, 3.8) is 0 Å². The lowest BCUT2D eigenvalue weighted by Gasteiger charge is -2.25. The molecule has 0 spiro atoms. The highest BCUT2D eigenvalue weighted by Gasteiger charge is 2.34. The van der Waals surface area contributed by atoms with Gasteiger partial charge in [-0.1, -0.05) is 0 Å². The number of hydrogen-bond donors (Lipinski definition) is 2. The summed E-state index contributed by atoms with van der Waals surface area (Å²) in [6.45, 7) is 1.28. The number of ether oxygens (including phenoxy) is 1. The van der Waals surface area contributed by atoms with Crippen LogP contribution in [0.1, 0.15) is 13.3 Å². The van der Waals surface area contributed by atoms with E-state index in [2.05, 4.69) is 5.32 Å². The topological polar surface area (TPSA) is 75.6 Å². The number of hydrogen-bond acceptors (Lipinski definition) is 4. The fourth-order valence-electron chi connectivity index (χ4n) is 1.60. The van der Waals surface area contributed by atoms with Gasteiger partial charge in [0.05, 0.1) is 6.61 Å². The SMILES string of the molecule is COCC(C)(NC(=O)CCSc1ccc(F)cc1)C(=O)O. The number of methoxy groups -OCH3 is 1. The normalized spacial score (nSPS) is 13.5. The zero-order valence-corrected chi connectivity index (χ0v) is 12.7. The van der Waals surface area contributed by atoms with Crippen molar-refractivity contribution < 1.29 is 23.8 Å². The third-order valence-corrected chi connectivity index (χ3v) is 3.75. The second-order valence-electron chi connectivity index (χ2n) is 4.67. The van der Waals surface area contributed by atoms with E-state index in [1.54, 1.807) is 12.1 Å². The Kier molecular flexibility index (Phi) is 6.64. The average molecular weight is 315 g/mol. The Labute approximate surface area is 126 Å². The van der Waals surface area contributed by atoms with E-state index < -0.39 is 11.5 Å². The highest BCUT2D eigenvalue weighted by Crippen LogP contribution is 2.19. The highest BCUT2D eigenvalue weighted by molar-refractivity contribution is 7.99. The Balaban J connectivity index is 2.43. The van der Waals surface area contributed by atoms with Gasteiger partial charge in [-0.15, -0.1) is 11.8 Å². The molecule has 21 heavy (non-hydrogen) atoms. The van der Waals surface area contributed by atoms with E-state index >= 15 is 0 Å². The molecule has 1 rings (SSSR count). The minimum absolute atomic E-state index is 0.112. The van der Waals surface area contributed by atoms with Crippen molar-refractivity contribution in [1.82, 2.24) is 5.32 Å². The maximum Gasteiger partial charge on any atom is 0.331 e. The smallest absolute Gasteiger partial charge is 0.331 e. The molecule has 0 aliphatic heterocycles. The Morgan fingerprint density at radius 3 is 2.52 bits per heavy atom. The van der Waals surface area contributed by atoms with Gasteiger partial charge in [0.1, 0.15) is 5.82 Å². The maximum atomic E-state index is 12.7. The highest BCUT2D eigenvalue weighted by atomic mass is 32.2. The Morgan fingerprint density at radius 2 is 2.00 bits per heavy atom. The second kappa shape index (κ2) is 7.99. The number of aliphatic carboxylic acids is 1. The van der Waals surface area contributed by atoms with Crippen LogP contribution in [0.3, 0.4) is 0 Å². The lowest BCUT2D eigenvalue weighted by atomic mass is 10.0. The first-order valence-corrected chi connectivity index (χ1v) is 7.27. The molecule has 0 aliphatic carbocycles. The maximum absolute atomic E-state index is 12.7. The number of carbonyl (C=O) groups is 2. The summed E-state index contributed by atoms with van der Waals surface area (Å²) in [5, 5.41) is 11.6. The predicted octanol–water partition coefficient (Wildman–Crippen LogP) is 1.91. The van der Waals surface area contributed by atoms with Crippen molar-refractivity contribution in [3.8, 4) is 0 Å². The van der Waals surface area contributed by atoms with E-state index in [4.69, 9.17) is 9.84 Å². The third kappa shape index (κ3) is 5.73. The molecule has 5 nitrogen and oxygen atoms in total. The Morgan fingerprint density at radius 1 is 1.38 bits per heavy atom. The number of carboxylic acid groups (broad SMARTS) is 1. The minimum atomic E-state index is -1.44. The molecule has 2 N–H and O–H groups in total. The lowest BCUT2D eigenvalue weighted by Crippen LogP contribution is -2.55. The molecule has 0 radical (unpaired) electrons. The molecule has 0 aliphatic rings. The van der Waals surface area contributed by atoms with Crippen molar-refractivity contribution in [2.45, 2.75) is 23.8 Å². The van der Waals surface area contributed by atoms with Crippen LogP contribution in [0.5, 0.6) is 0 Å². The minimum Gasteiger partial charge on any atom is -0.479 e. The van der Waals surface area contributed by atoms with Crippen LogP contribution in [0.25, 0.3) is 0 Å². The van der Waals surface area contributed by atoms with Crippen molar-refractivity contribution in [2.75, 3.05) is 19.5 Å². The third-order valence-electron chi connectivity index (χ3n) is 2.73. The Hall–Kier alpha value is -1.60. The van der Waals surface area contributed by atoms with Gasteiger partial charge in [-0.05, 0) is 31.2 Å².